The lowest BCUT2D eigenvalue weighted by Crippen LogP contribution is -2.51. The summed E-state index contributed by atoms with van der Waals surface area (Å²) in [6, 6.07) is 11.6. The molecule has 1 aliphatic rings. The highest BCUT2D eigenvalue weighted by Gasteiger charge is 2.25. The topological polar surface area (TPSA) is 66.0 Å². The number of aliphatic imine (C=N–C) groups is 1. The smallest absolute Gasteiger partial charge is 0.305 e. The molecule has 2 unspecified atom stereocenters. The predicted octanol–water partition coefficient (Wildman–Crippen LogP) is 2.55. The molecule has 0 spiro atoms. The van der Waals surface area contributed by atoms with Crippen LogP contribution in [0.1, 0.15) is 44.6 Å². The SMILES string of the molecule is CN=C(NCCCCC(=O)OC)NC1CCN(Cc2ccccc2)C(C)C1. The molecule has 1 heterocycles. The Morgan fingerprint density at radius 3 is 2.74 bits per heavy atom. The molecule has 27 heavy (non-hydrogen) atoms. The fourth-order valence-electron chi connectivity index (χ4n) is 3.50. The third kappa shape index (κ3) is 7.59. The maximum absolute atomic E-state index is 11.1. The molecule has 150 valence electrons. The number of hydrogen-bond acceptors (Lipinski definition) is 4. The molecule has 0 aliphatic carbocycles. The number of unbranched alkanes of at least 4 members (excludes halogenated alkanes) is 1. The lowest BCUT2D eigenvalue weighted by molar-refractivity contribution is -0.140. The van der Waals surface area contributed by atoms with Crippen LogP contribution in [0.5, 0.6) is 0 Å². The van der Waals surface area contributed by atoms with Crippen molar-refractivity contribution in [2.24, 2.45) is 4.99 Å². The summed E-state index contributed by atoms with van der Waals surface area (Å²) in [4.78, 5) is 18.0. The van der Waals surface area contributed by atoms with Crippen molar-refractivity contribution in [2.75, 3.05) is 27.2 Å². The van der Waals surface area contributed by atoms with Crippen LogP contribution in [0.25, 0.3) is 0 Å². The van der Waals surface area contributed by atoms with Gasteiger partial charge in [0.1, 0.15) is 0 Å². The molecule has 1 aromatic rings. The monoisotopic (exact) mass is 374 g/mol. The number of hydrogen-bond donors (Lipinski definition) is 2. The van der Waals surface area contributed by atoms with Crippen LogP contribution in [-0.4, -0.2) is 56.2 Å². The number of nitrogens with zero attached hydrogens (tertiary/aromatic N) is 2. The van der Waals surface area contributed by atoms with E-state index in [1.165, 1.54) is 12.7 Å². The Morgan fingerprint density at radius 1 is 1.30 bits per heavy atom. The quantitative estimate of drug-likeness (QED) is 0.317. The van der Waals surface area contributed by atoms with Gasteiger partial charge < -0.3 is 15.4 Å². The number of rotatable bonds is 8. The van der Waals surface area contributed by atoms with E-state index in [9.17, 15) is 4.79 Å². The molecule has 0 aromatic heterocycles. The number of ether oxygens (including phenoxy) is 1. The van der Waals surface area contributed by atoms with Crippen molar-refractivity contribution in [3.63, 3.8) is 0 Å². The third-order valence-corrected chi connectivity index (χ3v) is 5.13. The van der Waals surface area contributed by atoms with Gasteiger partial charge in [-0.1, -0.05) is 30.3 Å². The minimum atomic E-state index is -0.145. The average Bonchev–Trinajstić information content (AvgIpc) is 2.69. The molecule has 0 saturated carbocycles. The number of nitrogens with one attached hydrogen (secondary N) is 2. The Hall–Kier alpha value is -2.08. The van der Waals surface area contributed by atoms with Gasteiger partial charge in [0.05, 0.1) is 7.11 Å². The molecule has 2 N–H and O–H groups in total. The lowest BCUT2D eigenvalue weighted by atomic mass is 9.97. The van der Waals surface area contributed by atoms with Crippen LogP contribution in [0, 0.1) is 0 Å². The second-order valence-electron chi connectivity index (χ2n) is 7.20. The van der Waals surface area contributed by atoms with E-state index in [2.05, 4.69) is 62.5 Å². The Balaban J connectivity index is 1.68. The molecule has 2 atom stereocenters. The van der Waals surface area contributed by atoms with Crippen LogP contribution < -0.4 is 10.6 Å². The number of piperidine rings is 1. The first-order valence-electron chi connectivity index (χ1n) is 9.94. The number of likely N-dealkylation sites (tertiary alicyclic amines) is 1. The second kappa shape index (κ2) is 11.6. The van der Waals surface area contributed by atoms with Crippen molar-refractivity contribution in [1.82, 2.24) is 15.5 Å². The second-order valence-corrected chi connectivity index (χ2v) is 7.20. The number of carbonyl (C=O) groups excluding carboxylic acids is 1. The van der Waals surface area contributed by atoms with E-state index in [1.54, 1.807) is 7.05 Å². The molecule has 0 amide bonds. The van der Waals surface area contributed by atoms with E-state index in [1.807, 2.05) is 0 Å². The van der Waals surface area contributed by atoms with E-state index < -0.39 is 0 Å². The molecular weight excluding hydrogens is 340 g/mol. The van der Waals surface area contributed by atoms with Gasteiger partial charge in [-0.2, -0.15) is 0 Å². The summed E-state index contributed by atoms with van der Waals surface area (Å²) in [6.07, 6.45) is 4.44. The fourth-order valence-corrected chi connectivity index (χ4v) is 3.50. The van der Waals surface area contributed by atoms with Gasteiger partial charge in [0.15, 0.2) is 5.96 Å². The van der Waals surface area contributed by atoms with Crippen LogP contribution in [0.2, 0.25) is 0 Å². The number of guanidine groups is 1. The standard InChI is InChI=1S/C21H34N4O2/c1-17-15-19(12-14-25(17)16-18-9-5-4-6-10-18)24-21(22-2)23-13-8-7-11-20(26)27-3/h4-6,9-10,17,19H,7-8,11-16H2,1-3H3,(H2,22,23,24). The summed E-state index contributed by atoms with van der Waals surface area (Å²) < 4.78 is 4.66. The highest BCUT2D eigenvalue weighted by atomic mass is 16.5. The van der Waals surface area contributed by atoms with Crippen molar-refractivity contribution in [2.45, 2.75) is 57.7 Å². The lowest BCUT2D eigenvalue weighted by Gasteiger charge is -2.38. The minimum absolute atomic E-state index is 0.145. The van der Waals surface area contributed by atoms with E-state index in [0.717, 1.165) is 51.3 Å². The van der Waals surface area contributed by atoms with Crippen molar-refractivity contribution >= 4 is 11.9 Å². The number of carbonyl (C=O) groups is 1. The summed E-state index contributed by atoms with van der Waals surface area (Å²) in [5.74, 6) is 0.704. The summed E-state index contributed by atoms with van der Waals surface area (Å²) >= 11 is 0. The Labute approximate surface area is 163 Å². The molecular formula is C21H34N4O2. The van der Waals surface area contributed by atoms with Crippen molar-refractivity contribution in [3.8, 4) is 0 Å². The zero-order valence-corrected chi connectivity index (χ0v) is 16.9. The molecule has 1 fully saturated rings. The van der Waals surface area contributed by atoms with Crippen LogP contribution in [0.3, 0.4) is 0 Å². The highest BCUT2D eigenvalue weighted by molar-refractivity contribution is 5.79. The van der Waals surface area contributed by atoms with Gasteiger partial charge in [-0.3, -0.25) is 14.7 Å². The Morgan fingerprint density at radius 2 is 2.07 bits per heavy atom. The Bertz CT molecular complexity index is 591. The first kappa shape index (κ1) is 21.2. The maximum atomic E-state index is 11.1. The summed E-state index contributed by atoms with van der Waals surface area (Å²) in [5, 5.41) is 6.90. The number of esters is 1. The van der Waals surface area contributed by atoms with Crippen molar-refractivity contribution in [1.29, 1.82) is 0 Å². The largest absolute Gasteiger partial charge is 0.469 e. The van der Waals surface area contributed by atoms with Gasteiger partial charge >= 0.3 is 5.97 Å². The van der Waals surface area contributed by atoms with Gasteiger partial charge in [0, 0.05) is 45.2 Å². The summed E-state index contributed by atoms with van der Waals surface area (Å²) in [7, 11) is 3.23. The minimum Gasteiger partial charge on any atom is -0.469 e. The summed E-state index contributed by atoms with van der Waals surface area (Å²) in [6.45, 7) is 5.21. The molecule has 0 radical (unpaired) electrons. The van der Waals surface area contributed by atoms with E-state index in [4.69, 9.17) is 0 Å². The van der Waals surface area contributed by atoms with E-state index >= 15 is 0 Å². The first-order valence-corrected chi connectivity index (χ1v) is 9.94. The normalized spacial score (nSPS) is 20.9. The predicted molar refractivity (Wildman–Crippen MR) is 110 cm³/mol. The number of benzene rings is 1. The Kier molecular flexibility index (Phi) is 9.11. The van der Waals surface area contributed by atoms with Gasteiger partial charge in [-0.25, -0.2) is 0 Å². The van der Waals surface area contributed by atoms with Gasteiger partial charge in [-0.05, 0) is 38.2 Å². The summed E-state index contributed by atoms with van der Waals surface area (Å²) in [5.41, 5.74) is 1.38. The van der Waals surface area contributed by atoms with Crippen molar-refractivity contribution in [3.05, 3.63) is 35.9 Å². The van der Waals surface area contributed by atoms with Crippen LogP contribution in [0.4, 0.5) is 0 Å². The third-order valence-electron chi connectivity index (χ3n) is 5.13. The van der Waals surface area contributed by atoms with Crippen molar-refractivity contribution < 1.29 is 9.53 Å². The molecule has 1 aromatic carbocycles. The van der Waals surface area contributed by atoms with Gasteiger partial charge in [0.25, 0.3) is 0 Å². The molecule has 6 nitrogen and oxygen atoms in total. The maximum Gasteiger partial charge on any atom is 0.305 e. The zero-order chi connectivity index (χ0) is 19.5. The van der Waals surface area contributed by atoms with Crippen LogP contribution in [0.15, 0.2) is 35.3 Å². The van der Waals surface area contributed by atoms with Crippen LogP contribution >= 0.6 is 0 Å². The average molecular weight is 375 g/mol. The van der Waals surface area contributed by atoms with Gasteiger partial charge in [-0.15, -0.1) is 0 Å². The molecule has 1 aliphatic heterocycles. The molecule has 1 saturated heterocycles. The van der Waals surface area contributed by atoms with E-state index in [0.29, 0.717) is 18.5 Å². The molecule has 0 bridgehead atoms. The number of methoxy groups -OCH3 is 1. The molecule has 2 rings (SSSR count). The fraction of sp³-hybridized carbons (Fsp3) is 0.619. The first-order chi connectivity index (χ1) is 13.1. The van der Waals surface area contributed by atoms with E-state index in [-0.39, 0.29) is 5.97 Å². The van der Waals surface area contributed by atoms with Gasteiger partial charge in [0.2, 0.25) is 0 Å². The highest BCUT2D eigenvalue weighted by Crippen LogP contribution is 2.19. The zero-order valence-electron chi connectivity index (χ0n) is 16.9. The van der Waals surface area contributed by atoms with Crippen LogP contribution in [-0.2, 0) is 16.1 Å². The molecule has 6 heteroatoms.